The molecular formula is C17H21N5O. The van der Waals surface area contributed by atoms with Crippen LogP contribution in [-0.4, -0.2) is 49.8 Å². The van der Waals surface area contributed by atoms with Gasteiger partial charge in [0.2, 0.25) is 0 Å². The molecule has 0 unspecified atom stereocenters. The molecule has 23 heavy (non-hydrogen) atoms. The lowest BCUT2D eigenvalue weighted by molar-refractivity contribution is -0.0711. The normalized spacial score (nSPS) is 22.9. The van der Waals surface area contributed by atoms with Crippen molar-refractivity contribution in [2.75, 3.05) is 13.1 Å². The molecule has 6 heteroatoms. The van der Waals surface area contributed by atoms with E-state index in [1.807, 2.05) is 25.1 Å². The van der Waals surface area contributed by atoms with Gasteiger partial charge in [-0.25, -0.2) is 4.98 Å². The van der Waals surface area contributed by atoms with Gasteiger partial charge >= 0.3 is 0 Å². The third kappa shape index (κ3) is 2.58. The van der Waals surface area contributed by atoms with Crippen LogP contribution in [0.4, 0.5) is 0 Å². The highest BCUT2D eigenvalue weighted by Gasteiger charge is 2.24. The molecule has 0 aliphatic carbocycles. The van der Waals surface area contributed by atoms with Crippen LogP contribution in [0.2, 0.25) is 0 Å². The maximum absolute atomic E-state index is 5.81. The summed E-state index contributed by atoms with van der Waals surface area (Å²) in [7, 11) is 0. The Kier molecular flexibility index (Phi) is 3.50. The second-order valence-corrected chi connectivity index (χ2v) is 6.40. The number of aromatic nitrogens is 4. The molecule has 0 bridgehead atoms. The Hall–Kier alpha value is -2.05. The van der Waals surface area contributed by atoms with Crippen molar-refractivity contribution in [3.05, 3.63) is 35.9 Å². The van der Waals surface area contributed by atoms with Crippen molar-refractivity contribution in [3.63, 3.8) is 0 Å². The molecule has 3 heterocycles. The summed E-state index contributed by atoms with van der Waals surface area (Å²) < 4.78 is 7.88. The molecule has 0 spiro atoms. The van der Waals surface area contributed by atoms with Crippen LogP contribution in [0.25, 0.3) is 16.6 Å². The number of hydrogen-bond acceptors (Lipinski definition) is 5. The largest absolute Gasteiger partial charge is 0.373 e. The highest BCUT2D eigenvalue weighted by Crippen LogP contribution is 2.20. The third-order valence-electron chi connectivity index (χ3n) is 4.34. The molecule has 1 saturated heterocycles. The van der Waals surface area contributed by atoms with Gasteiger partial charge in [0.25, 0.3) is 0 Å². The number of para-hydroxylation sites is 1. The molecule has 2 aromatic heterocycles. The zero-order chi connectivity index (χ0) is 16.0. The van der Waals surface area contributed by atoms with E-state index in [0.717, 1.165) is 47.8 Å². The standard InChI is InChI=1S/C17H21N5O/c1-11-8-21(9-12(2)23-11)10-16-19-20-17-14-6-4-5-7-15(14)18-13(3)22(16)17/h4-7,11-12H,8-10H2,1-3H3/t11-,12-/m1/s1. The van der Waals surface area contributed by atoms with Crippen LogP contribution in [-0.2, 0) is 11.3 Å². The van der Waals surface area contributed by atoms with Gasteiger partial charge in [-0.05, 0) is 32.9 Å². The van der Waals surface area contributed by atoms with Crippen LogP contribution in [0.5, 0.6) is 0 Å². The Morgan fingerprint density at radius 3 is 2.65 bits per heavy atom. The van der Waals surface area contributed by atoms with E-state index < -0.39 is 0 Å². The van der Waals surface area contributed by atoms with Crippen LogP contribution >= 0.6 is 0 Å². The zero-order valence-corrected chi connectivity index (χ0v) is 13.7. The minimum atomic E-state index is 0.248. The molecule has 3 aromatic rings. The van der Waals surface area contributed by atoms with Crippen molar-refractivity contribution in [1.82, 2.24) is 24.5 Å². The number of morpholine rings is 1. The SMILES string of the molecule is Cc1nc2ccccc2c2nnc(CN3C[C@@H](C)O[C@H](C)C3)n12. The fourth-order valence-corrected chi connectivity index (χ4v) is 3.53. The summed E-state index contributed by atoms with van der Waals surface area (Å²) in [5.41, 5.74) is 1.85. The first kappa shape index (κ1) is 14.5. The molecule has 120 valence electrons. The Labute approximate surface area is 135 Å². The smallest absolute Gasteiger partial charge is 0.171 e. The Morgan fingerprint density at radius 1 is 1.13 bits per heavy atom. The molecule has 2 atom stereocenters. The highest BCUT2D eigenvalue weighted by atomic mass is 16.5. The summed E-state index contributed by atoms with van der Waals surface area (Å²) in [6.45, 7) is 8.84. The Bertz CT molecular complexity index is 849. The molecule has 1 aliphatic rings. The van der Waals surface area contributed by atoms with Crippen molar-refractivity contribution in [3.8, 4) is 0 Å². The van der Waals surface area contributed by atoms with Crippen LogP contribution < -0.4 is 0 Å². The number of aryl methyl sites for hydroxylation is 1. The van der Waals surface area contributed by atoms with Crippen molar-refractivity contribution < 1.29 is 4.74 Å². The summed E-state index contributed by atoms with van der Waals surface area (Å²) in [5, 5.41) is 9.91. The van der Waals surface area contributed by atoms with Gasteiger partial charge in [-0.1, -0.05) is 12.1 Å². The van der Waals surface area contributed by atoms with Crippen molar-refractivity contribution >= 4 is 16.6 Å². The highest BCUT2D eigenvalue weighted by molar-refractivity contribution is 5.91. The Morgan fingerprint density at radius 2 is 1.87 bits per heavy atom. The van der Waals surface area contributed by atoms with Crippen LogP contribution in [0.3, 0.4) is 0 Å². The van der Waals surface area contributed by atoms with Gasteiger partial charge < -0.3 is 4.74 Å². The van der Waals surface area contributed by atoms with E-state index in [1.165, 1.54) is 0 Å². The summed E-state index contributed by atoms with van der Waals surface area (Å²) >= 11 is 0. The third-order valence-corrected chi connectivity index (χ3v) is 4.34. The molecule has 4 rings (SSSR count). The van der Waals surface area contributed by atoms with E-state index in [9.17, 15) is 0 Å². The average Bonchev–Trinajstić information content (AvgIpc) is 2.91. The predicted molar refractivity (Wildman–Crippen MR) is 88.3 cm³/mol. The molecular weight excluding hydrogens is 290 g/mol. The van der Waals surface area contributed by atoms with Gasteiger partial charge in [0, 0.05) is 18.5 Å². The average molecular weight is 311 g/mol. The number of hydrogen-bond donors (Lipinski definition) is 0. The lowest BCUT2D eigenvalue weighted by atomic mass is 10.2. The molecule has 1 aromatic carbocycles. The van der Waals surface area contributed by atoms with E-state index in [1.54, 1.807) is 0 Å². The van der Waals surface area contributed by atoms with Gasteiger partial charge in [-0.2, -0.15) is 0 Å². The van der Waals surface area contributed by atoms with E-state index in [4.69, 9.17) is 9.72 Å². The van der Waals surface area contributed by atoms with E-state index in [-0.39, 0.29) is 12.2 Å². The van der Waals surface area contributed by atoms with E-state index in [0.29, 0.717) is 0 Å². The fourth-order valence-electron chi connectivity index (χ4n) is 3.53. The maximum Gasteiger partial charge on any atom is 0.171 e. The van der Waals surface area contributed by atoms with Crippen molar-refractivity contribution in [2.45, 2.75) is 39.5 Å². The summed E-state index contributed by atoms with van der Waals surface area (Å²) in [6, 6.07) is 8.08. The van der Waals surface area contributed by atoms with Gasteiger partial charge in [-0.3, -0.25) is 9.30 Å². The second-order valence-electron chi connectivity index (χ2n) is 6.40. The molecule has 0 N–H and O–H groups in total. The predicted octanol–water partition coefficient (Wildman–Crippen LogP) is 2.20. The van der Waals surface area contributed by atoms with Crippen molar-refractivity contribution in [1.29, 1.82) is 0 Å². The lowest BCUT2D eigenvalue weighted by Gasteiger charge is -2.34. The molecule has 6 nitrogen and oxygen atoms in total. The Balaban J connectivity index is 1.75. The number of ether oxygens (including phenoxy) is 1. The fraction of sp³-hybridized carbons (Fsp3) is 0.471. The van der Waals surface area contributed by atoms with Crippen LogP contribution in [0, 0.1) is 6.92 Å². The molecule has 1 fully saturated rings. The maximum atomic E-state index is 5.81. The quantitative estimate of drug-likeness (QED) is 0.726. The summed E-state index contributed by atoms with van der Waals surface area (Å²) in [5.74, 6) is 1.87. The summed E-state index contributed by atoms with van der Waals surface area (Å²) in [6.07, 6.45) is 0.496. The lowest BCUT2D eigenvalue weighted by Crippen LogP contribution is -2.45. The molecule has 0 radical (unpaired) electrons. The zero-order valence-electron chi connectivity index (χ0n) is 13.7. The molecule has 1 aliphatic heterocycles. The second kappa shape index (κ2) is 5.54. The topological polar surface area (TPSA) is 55.5 Å². The number of fused-ring (bicyclic) bond motifs is 3. The number of rotatable bonds is 2. The van der Waals surface area contributed by atoms with Crippen LogP contribution in [0.1, 0.15) is 25.5 Å². The summed E-state index contributed by atoms with van der Waals surface area (Å²) in [4.78, 5) is 7.08. The van der Waals surface area contributed by atoms with Gasteiger partial charge in [-0.15, -0.1) is 10.2 Å². The van der Waals surface area contributed by atoms with Gasteiger partial charge in [0.1, 0.15) is 5.82 Å². The number of nitrogens with zero attached hydrogens (tertiary/aromatic N) is 5. The monoisotopic (exact) mass is 311 g/mol. The first-order valence-corrected chi connectivity index (χ1v) is 8.09. The van der Waals surface area contributed by atoms with Crippen LogP contribution in [0.15, 0.2) is 24.3 Å². The van der Waals surface area contributed by atoms with E-state index >= 15 is 0 Å². The van der Waals surface area contributed by atoms with Gasteiger partial charge in [0.15, 0.2) is 11.5 Å². The first-order valence-electron chi connectivity index (χ1n) is 8.09. The number of benzene rings is 1. The van der Waals surface area contributed by atoms with E-state index in [2.05, 4.69) is 39.4 Å². The first-order chi connectivity index (χ1) is 11.1. The molecule has 0 amide bonds. The minimum Gasteiger partial charge on any atom is -0.373 e. The van der Waals surface area contributed by atoms with Gasteiger partial charge in [0.05, 0.1) is 24.3 Å². The molecule has 0 saturated carbocycles. The minimum absolute atomic E-state index is 0.248. The van der Waals surface area contributed by atoms with Crippen molar-refractivity contribution in [2.24, 2.45) is 0 Å².